The molecule has 0 saturated carbocycles. The van der Waals surface area contributed by atoms with E-state index >= 15 is 0 Å². The highest BCUT2D eigenvalue weighted by molar-refractivity contribution is 6.30. The Kier molecular flexibility index (Phi) is 8.45. The first-order chi connectivity index (χ1) is 13.1. The number of nitrogens with one attached hydrogen (secondary N) is 1. The number of oxime groups is 1. The van der Waals surface area contributed by atoms with Crippen molar-refractivity contribution in [3.05, 3.63) is 53.1 Å². The van der Waals surface area contributed by atoms with Gasteiger partial charge in [0.2, 0.25) is 0 Å². The maximum Gasteiger partial charge on any atom is 0.265 e. The van der Waals surface area contributed by atoms with Crippen LogP contribution in [-0.4, -0.2) is 31.9 Å². The fourth-order valence-corrected chi connectivity index (χ4v) is 2.25. The smallest absolute Gasteiger partial charge is 0.265 e. The lowest BCUT2D eigenvalue weighted by Crippen LogP contribution is -2.16. The van der Waals surface area contributed by atoms with Crippen LogP contribution in [0.5, 0.6) is 11.5 Å². The number of benzene rings is 2. The summed E-state index contributed by atoms with van der Waals surface area (Å²) in [5.74, 6) is 1.03. The molecule has 0 spiro atoms. The minimum Gasteiger partial charge on any atom is -0.490 e. The Balaban J connectivity index is 1.86. The standard InChI is InChI=1S/C20H23ClN2O4/c1-3-11-26-18-10-5-15(12-19(18)25-4-2)13-22-27-14-20(24)23-17-8-6-16(21)7-9-17/h5-10,12-13H,3-4,11,14H2,1-2H3,(H,23,24)/b22-13+. The number of carbonyl (C=O) groups is 1. The summed E-state index contributed by atoms with van der Waals surface area (Å²) >= 11 is 5.80. The SMILES string of the molecule is CCCOc1ccc(/C=N/OCC(=O)Nc2ccc(Cl)cc2)cc1OCC. The van der Waals surface area contributed by atoms with Gasteiger partial charge in [0, 0.05) is 16.3 Å². The van der Waals surface area contributed by atoms with E-state index in [9.17, 15) is 4.79 Å². The molecule has 2 rings (SSSR count). The van der Waals surface area contributed by atoms with Gasteiger partial charge in [-0.2, -0.15) is 0 Å². The van der Waals surface area contributed by atoms with E-state index in [1.807, 2.05) is 32.0 Å². The molecule has 1 amide bonds. The lowest BCUT2D eigenvalue weighted by Gasteiger charge is -2.11. The van der Waals surface area contributed by atoms with E-state index in [-0.39, 0.29) is 12.5 Å². The predicted molar refractivity (Wildman–Crippen MR) is 107 cm³/mol. The van der Waals surface area contributed by atoms with E-state index in [0.29, 0.717) is 35.4 Å². The molecule has 0 heterocycles. The lowest BCUT2D eigenvalue weighted by molar-refractivity contribution is -0.120. The number of ether oxygens (including phenoxy) is 2. The van der Waals surface area contributed by atoms with Gasteiger partial charge in [-0.25, -0.2) is 0 Å². The molecule has 0 fully saturated rings. The van der Waals surface area contributed by atoms with Crippen LogP contribution in [0.15, 0.2) is 47.6 Å². The molecule has 2 aromatic carbocycles. The van der Waals surface area contributed by atoms with Crippen LogP contribution in [0.4, 0.5) is 5.69 Å². The maximum absolute atomic E-state index is 11.8. The molecule has 27 heavy (non-hydrogen) atoms. The third kappa shape index (κ3) is 7.19. The number of hydrogen-bond donors (Lipinski definition) is 1. The molecule has 0 aromatic heterocycles. The second-order valence-electron chi connectivity index (χ2n) is 5.55. The van der Waals surface area contributed by atoms with Gasteiger partial charge in [-0.05, 0) is 55.8 Å². The molecule has 6 nitrogen and oxygen atoms in total. The molecule has 0 radical (unpaired) electrons. The molecular formula is C20H23ClN2O4. The summed E-state index contributed by atoms with van der Waals surface area (Å²) in [5, 5.41) is 7.12. The monoisotopic (exact) mass is 390 g/mol. The van der Waals surface area contributed by atoms with E-state index in [1.54, 1.807) is 24.3 Å². The van der Waals surface area contributed by atoms with Crippen LogP contribution in [0.3, 0.4) is 0 Å². The fraction of sp³-hybridized carbons (Fsp3) is 0.300. The molecule has 0 aliphatic carbocycles. The zero-order valence-corrected chi connectivity index (χ0v) is 16.2. The summed E-state index contributed by atoms with van der Waals surface area (Å²) in [5.41, 5.74) is 1.42. The topological polar surface area (TPSA) is 69.2 Å². The van der Waals surface area contributed by atoms with Gasteiger partial charge < -0.3 is 19.6 Å². The second kappa shape index (κ2) is 11.1. The van der Waals surface area contributed by atoms with Crippen LogP contribution < -0.4 is 14.8 Å². The van der Waals surface area contributed by atoms with Crippen molar-refractivity contribution in [2.24, 2.45) is 5.16 Å². The average Bonchev–Trinajstić information content (AvgIpc) is 2.66. The molecule has 0 bridgehead atoms. The Morgan fingerprint density at radius 2 is 1.89 bits per heavy atom. The molecule has 0 atom stereocenters. The number of halogens is 1. The number of amides is 1. The normalized spacial score (nSPS) is 10.6. The summed E-state index contributed by atoms with van der Waals surface area (Å²) in [6.07, 6.45) is 2.43. The fourth-order valence-electron chi connectivity index (χ4n) is 2.13. The number of hydrogen-bond acceptors (Lipinski definition) is 5. The van der Waals surface area contributed by atoms with E-state index in [0.717, 1.165) is 12.0 Å². The van der Waals surface area contributed by atoms with Gasteiger partial charge in [0.15, 0.2) is 18.1 Å². The highest BCUT2D eigenvalue weighted by atomic mass is 35.5. The molecule has 1 N–H and O–H groups in total. The number of rotatable bonds is 10. The van der Waals surface area contributed by atoms with Crippen LogP contribution in [-0.2, 0) is 9.63 Å². The highest BCUT2D eigenvalue weighted by Crippen LogP contribution is 2.28. The average molecular weight is 391 g/mol. The molecule has 144 valence electrons. The van der Waals surface area contributed by atoms with E-state index < -0.39 is 0 Å². The Morgan fingerprint density at radius 3 is 2.59 bits per heavy atom. The second-order valence-corrected chi connectivity index (χ2v) is 5.99. The molecule has 0 saturated heterocycles. The van der Waals surface area contributed by atoms with Gasteiger partial charge in [0.05, 0.1) is 19.4 Å². The van der Waals surface area contributed by atoms with Gasteiger partial charge in [0.25, 0.3) is 5.91 Å². The highest BCUT2D eigenvalue weighted by Gasteiger charge is 2.06. The molecule has 0 unspecified atom stereocenters. The first-order valence-electron chi connectivity index (χ1n) is 8.72. The number of nitrogens with zero attached hydrogens (tertiary/aromatic N) is 1. The van der Waals surface area contributed by atoms with Crippen LogP contribution in [0.25, 0.3) is 0 Å². The van der Waals surface area contributed by atoms with Crippen molar-refractivity contribution in [1.29, 1.82) is 0 Å². The summed E-state index contributed by atoms with van der Waals surface area (Å²) in [6.45, 7) is 4.91. The zero-order chi connectivity index (χ0) is 19.5. The zero-order valence-electron chi connectivity index (χ0n) is 15.4. The van der Waals surface area contributed by atoms with Crippen LogP contribution in [0.2, 0.25) is 5.02 Å². The van der Waals surface area contributed by atoms with Gasteiger partial charge in [-0.1, -0.05) is 23.7 Å². The first-order valence-corrected chi connectivity index (χ1v) is 9.10. The Bertz CT molecular complexity index is 763. The number of carbonyl (C=O) groups excluding carboxylic acids is 1. The summed E-state index contributed by atoms with van der Waals surface area (Å²) in [7, 11) is 0. The largest absolute Gasteiger partial charge is 0.490 e. The van der Waals surface area contributed by atoms with E-state index in [1.165, 1.54) is 6.21 Å². The third-order valence-corrected chi connectivity index (χ3v) is 3.58. The quantitative estimate of drug-likeness (QED) is 0.478. The van der Waals surface area contributed by atoms with E-state index in [4.69, 9.17) is 25.9 Å². The van der Waals surface area contributed by atoms with Gasteiger partial charge in [-0.15, -0.1) is 0 Å². The summed E-state index contributed by atoms with van der Waals surface area (Å²) in [6, 6.07) is 12.3. The molecule has 0 aliphatic heterocycles. The lowest BCUT2D eigenvalue weighted by atomic mass is 10.2. The molecule has 0 aliphatic rings. The summed E-state index contributed by atoms with van der Waals surface area (Å²) < 4.78 is 11.2. The van der Waals surface area contributed by atoms with Crippen molar-refractivity contribution in [3.63, 3.8) is 0 Å². The van der Waals surface area contributed by atoms with Crippen molar-refractivity contribution < 1.29 is 19.1 Å². The van der Waals surface area contributed by atoms with Gasteiger partial charge >= 0.3 is 0 Å². The van der Waals surface area contributed by atoms with Crippen LogP contribution >= 0.6 is 11.6 Å². The van der Waals surface area contributed by atoms with Crippen molar-refractivity contribution in [1.82, 2.24) is 0 Å². The Morgan fingerprint density at radius 1 is 1.11 bits per heavy atom. The van der Waals surface area contributed by atoms with E-state index in [2.05, 4.69) is 10.5 Å². The van der Waals surface area contributed by atoms with Crippen molar-refractivity contribution in [3.8, 4) is 11.5 Å². The molecule has 7 heteroatoms. The number of anilines is 1. The Hall–Kier alpha value is -2.73. The van der Waals surface area contributed by atoms with Crippen molar-refractivity contribution >= 4 is 29.4 Å². The third-order valence-electron chi connectivity index (χ3n) is 3.33. The van der Waals surface area contributed by atoms with Crippen molar-refractivity contribution in [2.75, 3.05) is 25.1 Å². The van der Waals surface area contributed by atoms with Gasteiger partial charge in [-0.3, -0.25) is 4.79 Å². The molecular weight excluding hydrogens is 368 g/mol. The minimum absolute atomic E-state index is 0.199. The first kappa shape index (κ1) is 20.6. The Labute approximate surface area is 164 Å². The summed E-state index contributed by atoms with van der Waals surface area (Å²) in [4.78, 5) is 16.9. The van der Waals surface area contributed by atoms with Crippen LogP contribution in [0.1, 0.15) is 25.8 Å². The van der Waals surface area contributed by atoms with Gasteiger partial charge in [0.1, 0.15) is 0 Å². The molecule has 2 aromatic rings. The predicted octanol–water partition coefficient (Wildman–Crippen LogP) is 4.52. The van der Waals surface area contributed by atoms with Crippen LogP contribution in [0, 0.1) is 0 Å². The van der Waals surface area contributed by atoms with Crippen molar-refractivity contribution in [2.45, 2.75) is 20.3 Å². The maximum atomic E-state index is 11.8. The minimum atomic E-state index is -0.312.